The van der Waals surface area contributed by atoms with Gasteiger partial charge in [-0.05, 0) is 31.5 Å². The van der Waals surface area contributed by atoms with E-state index in [-0.39, 0.29) is 17.0 Å². The van der Waals surface area contributed by atoms with Crippen LogP contribution in [0.2, 0.25) is 0 Å². The lowest BCUT2D eigenvalue weighted by Gasteiger charge is -2.08. The average molecular weight is 400 g/mol. The summed E-state index contributed by atoms with van der Waals surface area (Å²) in [6.45, 7) is 3.47. The Hall–Kier alpha value is -3.49. The van der Waals surface area contributed by atoms with Gasteiger partial charge in [0, 0.05) is 5.56 Å². The number of hydrogen-bond donors (Lipinski definition) is 0. The molecule has 0 N–H and O–H groups in total. The van der Waals surface area contributed by atoms with Crippen molar-refractivity contribution in [2.24, 2.45) is 0 Å². The molecule has 1 aromatic carbocycles. The average Bonchev–Trinajstić information content (AvgIpc) is 3.05. The van der Waals surface area contributed by atoms with Crippen molar-refractivity contribution in [3.63, 3.8) is 0 Å². The normalized spacial score (nSPS) is 11.9. The molecule has 0 atom stereocenters. The minimum Gasteiger partial charge on any atom is -0.464 e. The van der Waals surface area contributed by atoms with Crippen molar-refractivity contribution >= 4 is 22.6 Å². The summed E-state index contributed by atoms with van der Waals surface area (Å²) < 4.78 is 45.4. The van der Waals surface area contributed by atoms with Crippen molar-refractivity contribution < 1.29 is 22.7 Å². The van der Waals surface area contributed by atoms with E-state index in [0.29, 0.717) is 16.6 Å². The molecule has 0 saturated carbocycles. The predicted molar refractivity (Wildman–Crippen MR) is 99.5 cm³/mol. The molecule has 0 radical (unpaired) electrons. The van der Waals surface area contributed by atoms with Crippen molar-refractivity contribution in [2.45, 2.75) is 20.0 Å². The highest BCUT2D eigenvalue weighted by Gasteiger charge is 2.34. The number of benzene rings is 1. The Morgan fingerprint density at radius 2 is 1.76 bits per heavy atom. The maximum atomic E-state index is 13.1. The first-order valence-corrected chi connectivity index (χ1v) is 8.62. The first kappa shape index (κ1) is 18.9. The number of esters is 1. The zero-order chi connectivity index (χ0) is 20.9. The second-order valence-electron chi connectivity index (χ2n) is 6.64. The second kappa shape index (κ2) is 6.54. The molecule has 6 nitrogen and oxygen atoms in total. The summed E-state index contributed by atoms with van der Waals surface area (Å²) in [4.78, 5) is 20.5. The zero-order valence-corrected chi connectivity index (χ0v) is 15.7. The molecule has 0 amide bonds. The Bertz CT molecular complexity index is 1260. The van der Waals surface area contributed by atoms with Gasteiger partial charge in [-0.25, -0.2) is 19.3 Å². The summed E-state index contributed by atoms with van der Waals surface area (Å²) in [5.74, 6) is -0.688. The van der Waals surface area contributed by atoms with Crippen LogP contribution in [-0.2, 0) is 10.9 Å². The van der Waals surface area contributed by atoms with E-state index in [2.05, 4.69) is 15.1 Å². The highest BCUT2D eigenvalue weighted by Crippen LogP contribution is 2.32. The van der Waals surface area contributed by atoms with Crippen LogP contribution in [0.15, 0.2) is 36.4 Å². The molecule has 0 aliphatic rings. The number of halogens is 3. The summed E-state index contributed by atoms with van der Waals surface area (Å²) in [5, 5.41) is 4.45. The molecule has 3 aromatic heterocycles. The van der Waals surface area contributed by atoms with Crippen LogP contribution in [0.25, 0.3) is 27.9 Å². The molecule has 4 rings (SSSR count). The van der Waals surface area contributed by atoms with Gasteiger partial charge >= 0.3 is 12.1 Å². The SMILES string of the molecule is COC(=O)c1cc(-c2ccc(C)cc2)nc2c3c(C)cc(C(F)(F)F)nc3nn12. The number of carbonyl (C=O) groups is 1. The van der Waals surface area contributed by atoms with E-state index < -0.39 is 17.8 Å². The number of aromatic nitrogens is 4. The molecule has 0 aliphatic carbocycles. The number of fused-ring (bicyclic) bond motifs is 3. The number of nitrogens with zero attached hydrogens (tertiary/aromatic N) is 4. The third kappa shape index (κ3) is 3.18. The molecule has 0 bridgehead atoms. The summed E-state index contributed by atoms with van der Waals surface area (Å²) in [7, 11) is 1.22. The number of hydrogen-bond acceptors (Lipinski definition) is 5. The van der Waals surface area contributed by atoms with Crippen LogP contribution in [0.1, 0.15) is 27.3 Å². The second-order valence-corrected chi connectivity index (χ2v) is 6.64. The minimum atomic E-state index is -4.61. The largest absolute Gasteiger partial charge is 0.464 e. The highest BCUT2D eigenvalue weighted by atomic mass is 19.4. The molecule has 0 fully saturated rings. The molecule has 29 heavy (non-hydrogen) atoms. The summed E-state index contributed by atoms with van der Waals surface area (Å²) in [6.07, 6.45) is -4.61. The van der Waals surface area contributed by atoms with Gasteiger partial charge in [-0.15, -0.1) is 5.10 Å². The Morgan fingerprint density at radius 3 is 2.38 bits per heavy atom. The van der Waals surface area contributed by atoms with Gasteiger partial charge in [0.2, 0.25) is 0 Å². The Morgan fingerprint density at radius 1 is 1.07 bits per heavy atom. The van der Waals surface area contributed by atoms with Gasteiger partial charge in [0.1, 0.15) is 5.69 Å². The van der Waals surface area contributed by atoms with Crippen LogP contribution in [-0.4, -0.2) is 32.7 Å². The summed E-state index contributed by atoms with van der Waals surface area (Å²) in [6, 6.07) is 9.94. The van der Waals surface area contributed by atoms with Crippen LogP contribution in [0.4, 0.5) is 13.2 Å². The molecule has 3 heterocycles. The van der Waals surface area contributed by atoms with Gasteiger partial charge in [-0.1, -0.05) is 29.8 Å². The molecule has 4 aromatic rings. The number of alkyl halides is 3. The van der Waals surface area contributed by atoms with Crippen molar-refractivity contribution in [3.05, 3.63) is 58.9 Å². The summed E-state index contributed by atoms with van der Waals surface area (Å²) in [5.41, 5.74) is 1.66. The maximum absolute atomic E-state index is 13.1. The van der Waals surface area contributed by atoms with E-state index >= 15 is 0 Å². The smallest absolute Gasteiger partial charge is 0.433 e. The summed E-state index contributed by atoms with van der Waals surface area (Å²) >= 11 is 0. The number of methoxy groups -OCH3 is 1. The van der Waals surface area contributed by atoms with E-state index in [1.807, 2.05) is 31.2 Å². The topological polar surface area (TPSA) is 69.4 Å². The van der Waals surface area contributed by atoms with E-state index in [9.17, 15) is 18.0 Å². The van der Waals surface area contributed by atoms with Gasteiger partial charge in [-0.2, -0.15) is 13.2 Å². The quantitative estimate of drug-likeness (QED) is 0.468. The van der Waals surface area contributed by atoms with E-state index in [1.165, 1.54) is 24.6 Å². The van der Waals surface area contributed by atoms with Crippen molar-refractivity contribution in [1.82, 2.24) is 19.6 Å². The fraction of sp³-hybridized carbons (Fsp3) is 0.200. The predicted octanol–water partition coefficient (Wildman–Crippen LogP) is 4.37. The highest BCUT2D eigenvalue weighted by molar-refractivity contribution is 5.97. The lowest BCUT2D eigenvalue weighted by Crippen LogP contribution is -2.10. The number of aryl methyl sites for hydroxylation is 2. The van der Waals surface area contributed by atoms with Gasteiger partial charge in [0.05, 0.1) is 18.2 Å². The van der Waals surface area contributed by atoms with E-state index in [1.54, 1.807) is 0 Å². The first-order chi connectivity index (χ1) is 13.7. The Kier molecular flexibility index (Phi) is 4.25. The van der Waals surface area contributed by atoms with Crippen molar-refractivity contribution in [2.75, 3.05) is 7.11 Å². The van der Waals surface area contributed by atoms with E-state index in [4.69, 9.17) is 4.74 Å². The molecule has 0 aliphatic heterocycles. The molecule has 0 saturated heterocycles. The lowest BCUT2D eigenvalue weighted by molar-refractivity contribution is -0.141. The molecule has 0 unspecified atom stereocenters. The molecular weight excluding hydrogens is 385 g/mol. The molecule has 148 valence electrons. The number of carbonyl (C=O) groups excluding carboxylic acids is 1. The van der Waals surface area contributed by atoms with Crippen LogP contribution in [0.5, 0.6) is 0 Å². The monoisotopic (exact) mass is 400 g/mol. The fourth-order valence-corrected chi connectivity index (χ4v) is 3.13. The van der Waals surface area contributed by atoms with Crippen LogP contribution in [0, 0.1) is 13.8 Å². The van der Waals surface area contributed by atoms with Gasteiger partial charge in [0.15, 0.2) is 17.0 Å². The first-order valence-electron chi connectivity index (χ1n) is 8.62. The number of pyridine rings is 1. The van der Waals surface area contributed by atoms with Crippen LogP contribution < -0.4 is 0 Å². The molecular formula is C20H15F3N4O2. The lowest BCUT2D eigenvalue weighted by atomic mass is 10.1. The molecule has 0 spiro atoms. The molecule has 9 heteroatoms. The van der Waals surface area contributed by atoms with Crippen molar-refractivity contribution in [3.8, 4) is 11.3 Å². The van der Waals surface area contributed by atoms with Gasteiger partial charge < -0.3 is 4.74 Å². The third-order valence-corrected chi connectivity index (χ3v) is 4.58. The van der Waals surface area contributed by atoms with Gasteiger partial charge in [-0.3, -0.25) is 0 Å². The maximum Gasteiger partial charge on any atom is 0.433 e. The number of ether oxygens (including phenoxy) is 1. The van der Waals surface area contributed by atoms with Crippen molar-refractivity contribution in [1.29, 1.82) is 0 Å². The van der Waals surface area contributed by atoms with Crippen LogP contribution in [0.3, 0.4) is 0 Å². The fourth-order valence-electron chi connectivity index (χ4n) is 3.13. The standard InChI is InChI=1S/C20H15F3N4O2/c1-10-4-6-12(7-5-10)13-9-14(19(28)29-3)27-18(24-13)16-11(2)8-15(20(21,22)23)25-17(16)26-27/h4-9H,1-3H3. The van der Waals surface area contributed by atoms with E-state index in [0.717, 1.165) is 17.2 Å². The number of rotatable bonds is 2. The zero-order valence-electron chi connectivity index (χ0n) is 15.7. The minimum absolute atomic E-state index is 0.0408. The van der Waals surface area contributed by atoms with Crippen LogP contribution >= 0.6 is 0 Å². The van der Waals surface area contributed by atoms with Gasteiger partial charge in [0.25, 0.3) is 0 Å². The third-order valence-electron chi connectivity index (χ3n) is 4.58. The Balaban J connectivity index is 2.07. The Labute approximate surface area is 163 Å².